The first kappa shape index (κ1) is 15.9. The van der Waals surface area contributed by atoms with E-state index in [2.05, 4.69) is 63.7 Å². The molecule has 2 heteroatoms. The number of thioether (sulfide) groups is 1. The molecule has 1 aliphatic carbocycles. The predicted molar refractivity (Wildman–Crippen MR) is 91.0 cm³/mol. The van der Waals surface area contributed by atoms with Crippen LogP contribution in [0.1, 0.15) is 51.2 Å². The summed E-state index contributed by atoms with van der Waals surface area (Å²) in [6.45, 7) is 9.32. The third kappa shape index (κ3) is 4.02. The Kier molecular flexibility index (Phi) is 5.19. The van der Waals surface area contributed by atoms with Gasteiger partial charge in [-0.25, -0.2) is 0 Å². The SMILES string of the molecule is Cc1ccccc1CSC1CC(C(C)(C)C)CCC1N. The average Bonchev–Trinajstić information content (AvgIpc) is 2.38. The third-order valence-corrected chi connectivity index (χ3v) is 6.23. The van der Waals surface area contributed by atoms with Crippen LogP contribution in [0.2, 0.25) is 0 Å². The Hall–Kier alpha value is -0.470. The Morgan fingerprint density at radius 2 is 1.90 bits per heavy atom. The molecule has 1 aromatic rings. The molecule has 0 heterocycles. The van der Waals surface area contributed by atoms with E-state index in [0.717, 1.165) is 11.7 Å². The molecule has 1 nitrogen and oxygen atoms in total. The summed E-state index contributed by atoms with van der Waals surface area (Å²) in [6, 6.07) is 9.09. The van der Waals surface area contributed by atoms with Crippen molar-refractivity contribution in [3.05, 3.63) is 35.4 Å². The van der Waals surface area contributed by atoms with Crippen LogP contribution in [0.15, 0.2) is 24.3 Å². The van der Waals surface area contributed by atoms with Crippen molar-refractivity contribution in [3.63, 3.8) is 0 Å². The summed E-state index contributed by atoms with van der Waals surface area (Å²) >= 11 is 2.07. The highest BCUT2D eigenvalue weighted by atomic mass is 32.2. The largest absolute Gasteiger partial charge is 0.327 e. The summed E-state index contributed by atoms with van der Waals surface area (Å²) in [5, 5.41) is 0.618. The van der Waals surface area contributed by atoms with Crippen LogP contribution in [0.3, 0.4) is 0 Å². The van der Waals surface area contributed by atoms with Gasteiger partial charge in [-0.1, -0.05) is 45.0 Å². The van der Waals surface area contributed by atoms with E-state index in [1.54, 1.807) is 0 Å². The fourth-order valence-corrected chi connectivity index (χ4v) is 4.57. The van der Waals surface area contributed by atoms with E-state index in [4.69, 9.17) is 5.73 Å². The van der Waals surface area contributed by atoms with Gasteiger partial charge in [0.2, 0.25) is 0 Å². The van der Waals surface area contributed by atoms with Crippen molar-refractivity contribution in [2.45, 2.75) is 64.0 Å². The van der Waals surface area contributed by atoms with Crippen molar-refractivity contribution in [2.24, 2.45) is 17.1 Å². The van der Waals surface area contributed by atoms with Crippen molar-refractivity contribution >= 4 is 11.8 Å². The fraction of sp³-hybridized carbons (Fsp3) is 0.667. The van der Waals surface area contributed by atoms with Crippen molar-refractivity contribution < 1.29 is 0 Å². The van der Waals surface area contributed by atoms with Gasteiger partial charge in [-0.2, -0.15) is 11.8 Å². The van der Waals surface area contributed by atoms with Gasteiger partial charge in [0.1, 0.15) is 0 Å². The summed E-state index contributed by atoms with van der Waals surface area (Å²) in [5.41, 5.74) is 9.64. The van der Waals surface area contributed by atoms with Gasteiger partial charge in [0.25, 0.3) is 0 Å². The maximum Gasteiger partial charge on any atom is 0.0205 e. The minimum Gasteiger partial charge on any atom is -0.327 e. The van der Waals surface area contributed by atoms with Gasteiger partial charge in [0.15, 0.2) is 0 Å². The third-order valence-electron chi connectivity index (χ3n) is 4.78. The minimum absolute atomic E-state index is 0.377. The molecule has 0 radical (unpaired) electrons. The fourth-order valence-electron chi connectivity index (χ4n) is 3.10. The van der Waals surface area contributed by atoms with Gasteiger partial charge in [-0.05, 0) is 48.6 Å². The van der Waals surface area contributed by atoms with E-state index >= 15 is 0 Å². The van der Waals surface area contributed by atoms with Crippen molar-refractivity contribution in [3.8, 4) is 0 Å². The topological polar surface area (TPSA) is 26.0 Å². The second-order valence-electron chi connectivity index (χ2n) is 7.32. The highest BCUT2D eigenvalue weighted by molar-refractivity contribution is 7.99. The van der Waals surface area contributed by atoms with Crippen LogP contribution in [-0.4, -0.2) is 11.3 Å². The van der Waals surface area contributed by atoms with Crippen molar-refractivity contribution in [1.29, 1.82) is 0 Å². The van der Waals surface area contributed by atoms with Crippen LogP contribution >= 0.6 is 11.8 Å². The number of aryl methyl sites for hydroxylation is 1. The predicted octanol–water partition coefficient (Wildman–Crippen LogP) is 4.77. The molecule has 2 rings (SSSR count). The molecule has 3 unspecified atom stereocenters. The lowest BCUT2D eigenvalue weighted by atomic mass is 9.71. The normalized spacial score (nSPS) is 27.6. The Balaban J connectivity index is 1.95. The summed E-state index contributed by atoms with van der Waals surface area (Å²) in [5.74, 6) is 1.92. The molecule has 1 aromatic carbocycles. The van der Waals surface area contributed by atoms with E-state index in [0.29, 0.717) is 16.7 Å². The standard InChI is InChI=1S/C18H29NS/c1-13-7-5-6-8-14(13)12-20-17-11-15(18(2,3)4)9-10-16(17)19/h5-8,15-17H,9-12,19H2,1-4H3. The van der Waals surface area contributed by atoms with E-state index in [1.807, 2.05) is 0 Å². The molecular weight excluding hydrogens is 262 g/mol. The Morgan fingerprint density at radius 3 is 2.55 bits per heavy atom. The Bertz CT molecular complexity index is 435. The highest BCUT2D eigenvalue weighted by Crippen LogP contribution is 2.41. The second-order valence-corrected chi connectivity index (χ2v) is 8.54. The second kappa shape index (κ2) is 6.53. The number of rotatable bonds is 3. The minimum atomic E-state index is 0.377. The number of benzene rings is 1. The van der Waals surface area contributed by atoms with Crippen LogP contribution in [-0.2, 0) is 5.75 Å². The lowest BCUT2D eigenvalue weighted by molar-refractivity contribution is 0.174. The van der Waals surface area contributed by atoms with E-state index in [9.17, 15) is 0 Å². The molecule has 0 saturated heterocycles. The number of hydrogen-bond donors (Lipinski definition) is 1. The van der Waals surface area contributed by atoms with Crippen LogP contribution < -0.4 is 5.73 Å². The summed E-state index contributed by atoms with van der Waals surface area (Å²) in [4.78, 5) is 0. The van der Waals surface area contributed by atoms with Crippen molar-refractivity contribution in [2.75, 3.05) is 0 Å². The van der Waals surface area contributed by atoms with E-state index in [1.165, 1.54) is 30.4 Å². The number of nitrogens with two attached hydrogens (primary N) is 1. The first-order chi connectivity index (χ1) is 9.38. The molecule has 0 aliphatic heterocycles. The zero-order chi connectivity index (χ0) is 14.8. The summed E-state index contributed by atoms with van der Waals surface area (Å²) in [6.07, 6.45) is 3.76. The van der Waals surface area contributed by atoms with Gasteiger partial charge in [-0.15, -0.1) is 0 Å². The van der Waals surface area contributed by atoms with Crippen LogP contribution in [0.5, 0.6) is 0 Å². The first-order valence-corrected chi connectivity index (χ1v) is 8.84. The Labute approximate surface area is 128 Å². The monoisotopic (exact) mass is 291 g/mol. The van der Waals surface area contributed by atoms with Crippen LogP contribution in [0, 0.1) is 18.3 Å². The maximum atomic E-state index is 6.37. The summed E-state index contributed by atoms with van der Waals surface area (Å²) < 4.78 is 0. The molecule has 3 atom stereocenters. The van der Waals surface area contributed by atoms with Crippen LogP contribution in [0.25, 0.3) is 0 Å². The molecule has 0 amide bonds. The smallest absolute Gasteiger partial charge is 0.0205 e. The molecule has 2 N–H and O–H groups in total. The average molecular weight is 292 g/mol. The molecule has 20 heavy (non-hydrogen) atoms. The molecular formula is C18H29NS. The zero-order valence-electron chi connectivity index (χ0n) is 13.4. The molecule has 112 valence electrons. The van der Waals surface area contributed by atoms with Gasteiger partial charge < -0.3 is 5.73 Å². The maximum absolute atomic E-state index is 6.37. The quantitative estimate of drug-likeness (QED) is 0.868. The number of hydrogen-bond acceptors (Lipinski definition) is 2. The molecule has 0 bridgehead atoms. The molecule has 1 saturated carbocycles. The van der Waals surface area contributed by atoms with Crippen LogP contribution in [0.4, 0.5) is 0 Å². The van der Waals surface area contributed by atoms with Gasteiger partial charge in [0, 0.05) is 17.0 Å². The zero-order valence-corrected chi connectivity index (χ0v) is 14.2. The van der Waals surface area contributed by atoms with E-state index in [-0.39, 0.29) is 0 Å². The molecule has 1 aliphatic rings. The molecule has 1 fully saturated rings. The lowest BCUT2D eigenvalue weighted by Crippen LogP contribution is -2.41. The molecule has 0 spiro atoms. The first-order valence-electron chi connectivity index (χ1n) is 7.79. The highest BCUT2D eigenvalue weighted by Gasteiger charge is 2.34. The summed E-state index contributed by atoms with van der Waals surface area (Å²) in [7, 11) is 0. The van der Waals surface area contributed by atoms with Gasteiger partial charge >= 0.3 is 0 Å². The lowest BCUT2D eigenvalue weighted by Gasteiger charge is -2.40. The van der Waals surface area contributed by atoms with E-state index < -0.39 is 0 Å². The van der Waals surface area contributed by atoms with Gasteiger partial charge in [-0.3, -0.25) is 0 Å². The van der Waals surface area contributed by atoms with Gasteiger partial charge in [0.05, 0.1) is 0 Å². The Morgan fingerprint density at radius 1 is 1.20 bits per heavy atom. The molecule has 0 aromatic heterocycles. The van der Waals surface area contributed by atoms with Crippen molar-refractivity contribution in [1.82, 2.24) is 0 Å².